The van der Waals surface area contributed by atoms with Gasteiger partial charge in [0.1, 0.15) is 0 Å². The molecule has 0 saturated heterocycles. The topological polar surface area (TPSA) is 98.7 Å². The molecule has 0 heterocycles. The van der Waals surface area contributed by atoms with Crippen molar-refractivity contribution in [1.82, 2.24) is 10.6 Å². The first kappa shape index (κ1) is 29.4. The van der Waals surface area contributed by atoms with Crippen molar-refractivity contribution in [2.75, 3.05) is 13.2 Å². The number of amides is 2. The fourth-order valence-electron chi connectivity index (χ4n) is 3.87. The molecule has 0 radical (unpaired) electrons. The molecule has 1 aliphatic rings. The molecule has 2 amide bonds. The minimum absolute atomic E-state index is 0.0456. The Hall–Kier alpha value is -1.66. The Balaban J connectivity index is 1.95. The third-order valence-electron chi connectivity index (χ3n) is 6.04. The molecule has 2 atom stereocenters. The van der Waals surface area contributed by atoms with Crippen LogP contribution >= 0.6 is 0 Å². The fraction of sp³-hybridized carbons (Fsp3) is 0.778. The smallest absolute Gasteiger partial charge is 0.243 e. The number of unbranched alkanes of at least 4 members (excludes halogenated alkanes) is 14. The van der Waals surface area contributed by atoms with E-state index in [1.165, 1.54) is 51.4 Å². The summed E-state index contributed by atoms with van der Waals surface area (Å²) in [5.41, 5.74) is 0. The Morgan fingerprint density at radius 2 is 0.909 bits per heavy atom. The molecule has 0 aromatic carbocycles. The van der Waals surface area contributed by atoms with Crippen LogP contribution in [0.2, 0.25) is 0 Å². The lowest BCUT2D eigenvalue weighted by Crippen LogP contribution is -2.33. The van der Waals surface area contributed by atoms with Crippen LogP contribution in [0.25, 0.3) is 0 Å². The van der Waals surface area contributed by atoms with Crippen molar-refractivity contribution in [2.24, 2.45) is 0 Å². The largest absolute Gasteiger partial charge is 0.396 e. The Kier molecular flexibility index (Phi) is 18.6. The number of carbonyl (C=O) groups is 2. The van der Waals surface area contributed by atoms with Crippen LogP contribution in [0.3, 0.4) is 0 Å². The minimum atomic E-state index is -0.0762. The van der Waals surface area contributed by atoms with Gasteiger partial charge >= 0.3 is 0 Å². The Labute approximate surface area is 201 Å². The van der Waals surface area contributed by atoms with E-state index in [1.807, 2.05) is 12.2 Å². The molecule has 0 unspecified atom stereocenters. The summed E-state index contributed by atoms with van der Waals surface area (Å²) in [6.45, 7) is 0.596. The lowest BCUT2D eigenvalue weighted by Gasteiger charge is -2.03. The number of allylic oxidation sites excluding steroid dienone is 2. The monoisotopic (exact) mass is 464 g/mol. The number of aliphatic hydroxyl groups excluding tert-OH is 2. The van der Waals surface area contributed by atoms with E-state index in [4.69, 9.17) is 10.2 Å². The second-order valence-corrected chi connectivity index (χ2v) is 9.24. The molecule has 190 valence electrons. The van der Waals surface area contributed by atoms with Crippen LogP contribution in [0.5, 0.6) is 0 Å². The van der Waals surface area contributed by atoms with E-state index in [0.717, 1.165) is 57.8 Å². The standard InChI is InChI=1S/C27H48N2O4/c30-21-17-13-9-5-1-3-7-11-15-19-26(32)28-24-23-25(24)29-27(33)20-16-12-8-4-2-6-10-14-18-22-31/h15-16,19-20,24-25,30-31H,1-14,17-18,21-23H2,(H,28,32)(H,29,33)/b19-15+,20-16+/t24-,25+. The van der Waals surface area contributed by atoms with Crippen molar-refractivity contribution in [1.29, 1.82) is 0 Å². The first-order valence-corrected chi connectivity index (χ1v) is 13.3. The molecule has 0 spiro atoms. The average Bonchev–Trinajstić information content (AvgIpc) is 3.52. The summed E-state index contributed by atoms with van der Waals surface area (Å²) in [5, 5.41) is 23.4. The second-order valence-electron chi connectivity index (χ2n) is 9.24. The summed E-state index contributed by atoms with van der Waals surface area (Å²) in [6, 6.07) is 0.0912. The molecule has 6 heteroatoms. The van der Waals surface area contributed by atoms with Gasteiger partial charge in [-0.3, -0.25) is 9.59 Å². The van der Waals surface area contributed by atoms with Crippen molar-refractivity contribution in [3.05, 3.63) is 24.3 Å². The highest BCUT2D eigenvalue weighted by atomic mass is 16.3. The minimum Gasteiger partial charge on any atom is -0.396 e. The molecule has 6 nitrogen and oxygen atoms in total. The van der Waals surface area contributed by atoms with Gasteiger partial charge in [0.2, 0.25) is 11.8 Å². The molecule has 0 bridgehead atoms. The highest BCUT2D eigenvalue weighted by molar-refractivity contribution is 5.89. The third-order valence-corrected chi connectivity index (χ3v) is 6.04. The van der Waals surface area contributed by atoms with E-state index < -0.39 is 0 Å². The van der Waals surface area contributed by atoms with Crippen molar-refractivity contribution in [3.63, 3.8) is 0 Å². The molecule has 4 N–H and O–H groups in total. The summed E-state index contributed by atoms with van der Waals surface area (Å²) in [6.07, 6.45) is 25.6. The summed E-state index contributed by atoms with van der Waals surface area (Å²) < 4.78 is 0. The van der Waals surface area contributed by atoms with E-state index in [1.54, 1.807) is 12.2 Å². The fourth-order valence-corrected chi connectivity index (χ4v) is 3.87. The van der Waals surface area contributed by atoms with Crippen LogP contribution in [0.4, 0.5) is 0 Å². The van der Waals surface area contributed by atoms with Crippen LogP contribution in [0.1, 0.15) is 109 Å². The zero-order valence-corrected chi connectivity index (χ0v) is 20.6. The lowest BCUT2D eigenvalue weighted by atomic mass is 10.1. The molecule has 33 heavy (non-hydrogen) atoms. The predicted molar refractivity (Wildman–Crippen MR) is 135 cm³/mol. The number of rotatable bonds is 22. The van der Waals surface area contributed by atoms with Gasteiger partial charge in [0, 0.05) is 13.2 Å². The van der Waals surface area contributed by atoms with Crippen molar-refractivity contribution in [2.45, 2.75) is 121 Å². The van der Waals surface area contributed by atoms with Gasteiger partial charge in [-0.2, -0.15) is 0 Å². The van der Waals surface area contributed by atoms with Crippen LogP contribution in [-0.4, -0.2) is 47.3 Å². The van der Waals surface area contributed by atoms with Gasteiger partial charge in [-0.25, -0.2) is 0 Å². The summed E-state index contributed by atoms with van der Waals surface area (Å²) in [5.74, 6) is -0.152. The first-order valence-electron chi connectivity index (χ1n) is 13.3. The van der Waals surface area contributed by atoms with Gasteiger partial charge in [-0.15, -0.1) is 0 Å². The van der Waals surface area contributed by atoms with Crippen molar-refractivity contribution in [3.8, 4) is 0 Å². The SMILES string of the molecule is O=C(/C=C/CCCCCCCCCO)N[C@H]1C[C@H]1NC(=O)/C=C/CCCCCCCCCO. The quantitative estimate of drug-likeness (QED) is 0.138. The predicted octanol–water partition coefficient (Wildman–Crippen LogP) is 4.70. The molecule has 0 aromatic heterocycles. The number of carbonyl (C=O) groups excluding carboxylic acids is 2. The molecule has 1 aliphatic carbocycles. The van der Waals surface area contributed by atoms with E-state index in [2.05, 4.69) is 10.6 Å². The second kappa shape index (κ2) is 20.9. The molecular formula is C27H48N2O4. The normalized spacial score (nSPS) is 17.6. The maximum Gasteiger partial charge on any atom is 0.243 e. The number of nitrogens with one attached hydrogen (secondary N) is 2. The highest BCUT2D eigenvalue weighted by Crippen LogP contribution is 2.21. The average molecular weight is 465 g/mol. The van der Waals surface area contributed by atoms with Crippen molar-refractivity contribution < 1.29 is 19.8 Å². The van der Waals surface area contributed by atoms with Crippen LogP contribution in [-0.2, 0) is 9.59 Å². The number of hydrogen-bond donors (Lipinski definition) is 4. The molecular weight excluding hydrogens is 416 g/mol. The van der Waals surface area contributed by atoms with Gasteiger partial charge in [0.25, 0.3) is 0 Å². The van der Waals surface area contributed by atoms with Crippen molar-refractivity contribution >= 4 is 11.8 Å². The van der Waals surface area contributed by atoms with Gasteiger partial charge < -0.3 is 20.8 Å². The van der Waals surface area contributed by atoms with E-state index in [9.17, 15) is 9.59 Å². The van der Waals surface area contributed by atoms with E-state index in [-0.39, 0.29) is 23.9 Å². The Morgan fingerprint density at radius 3 is 1.27 bits per heavy atom. The molecule has 1 rings (SSSR count). The summed E-state index contributed by atoms with van der Waals surface area (Å²) in [7, 11) is 0. The van der Waals surface area contributed by atoms with Gasteiger partial charge in [-0.1, -0.05) is 76.4 Å². The molecule has 1 fully saturated rings. The van der Waals surface area contributed by atoms with Gasteiger partial charge in [-0.05, 0) is 57.1 Å². The van der Waals surface area contributed by atoms with Gasteiger partial charge in [0.05, 0.1) is 12.1 Å². The Bertz CT molecular complexity index is 514. The Morgan fingerprint density at radius 1 is 0.576 bits per heavy atom. The molecule has 0 aromatic rings. The van der Waals surface area contributed by atoms with Crippen LogP contribution in [0.15, 0.2) is 24.3 Å². The lowest BCUT2D eigenvalue weighted by molar-refractivity contribution is -0.118. The summed E-state index contributed by atoms with van der Waals surface area (Å²) in [4.78, 5) is 24.0. The van der Waals surface area contributed by atoms with E-state index >= 15 is 0 Å². The van der Waals surface area contributed by atoms with Crippen LogP contribution in [0, 0.1) is 0 Å². The van der Waals surface area contributed by atoms with Crippen LogP contribution < -0.4 is 10.6 Å². The third kappa shape index (κ3) is 18.5. The zero-order chi connectivity index (χ0) is 24.0. The van der Waals surface area contributed by atoms with Gasteiger partial charge in [0.15, 0.2) is 0 Å². The van der Waals surface area contributed by atoms with E-state index in [0.29, 0.717) is 13.2 Å². The number of hydrogen-bond acceptors (Lipinski definition) is 4. The maximum atomic E-state index is 12.0. The molecule has 1 saturated carbocycles. The first-order chi connectivity index (χ1) is 16.2. The summed E-state index contributed by atoms with van der Waals surface area (Å²) >= 11 is 0. The number of aliphatic hydroxyl groups is 2. The maximum absolute atomic E-state index is 12.0. The molecule has 0 aliphatic heterocycles. The highest BCUT2D eigenvalue weighted by Gasteiger charge is 2.38. The zero-order valence-electron chi connectivity index (χ0n) is 20.6.